The molecular formula is C17H28FNO. The van der Waals surface area contributed by atoms with E-state index in [1.54, 1.807) is 6.07 Å². The Hall–Kier alpha value is -0.930. The van der Waals surface area contributed by atoms with E-state index >= 15 is 0 Å². The number of hydrogen-bond donors (Lipinski definition) is 1. The molecule has 2 nitrogen and oxygen atoms in total. The maximum Gasteiger partial charge on any atom is 0.123 e. The van der Waals surface area contributed by atoms with E-state index in [0.29, 0.717) is 6.61 Å². The first kappa shape index (κ1) is 17.1. The molecule has 0 amide bonds. The number of halogens is 1. The standard InChI is InChI=1S/C17H28FNO/c1-7-19-15(16(20-8-2)17(4,5)6)14-11-13(18)10-9-12(14)3/h9-11,15-16,19H,7-8H2,1-6H3. The molecule has 2 atom stereocenters. The first-order valence-corrected chi connectivity index (χ1v) is 7.42. The van der Waals surface area contributed by atoms with Gasteiger partial charge in [-0.05, 0) is 49.1 Å². The number of benzene rings is 1. The molecule has 1 rings (SSSR count). The van der Waals surface area contributed by atoms with Crippen LogP contribution in [0.15, 0.2) is 18.2 Å². The van der Waals surface area contributed by atoms with Gasteiger partial charge in [0.25, 0.3) is 0 Å². The summed E-state index contributed by atoms with van der Waals surface area (Å²) in [6, 6.07) is 4.96. The maximum atomic E-state index is 13.6. The van der Waals surface area contributed by atoms with Gasteiger partial charge in [0.05, 0.1) is 12.1 Å². The van der Waals surface area contributed by atoms with E-state index < -0.39 is 0 Å². The number of hydrogen-bond acceptors (Lipinski definition) is 2. The second kappa shape index (κ2) is 7.19. The number of likely N-dealkylation sites (N-methyl/N-ethyl adjacent to an activating group) is 1. The fourth-order valence-electron chi connectivity index (χ4n) is 2.57. The molecular weight excluding hydrogens is 253 g/mol. The SMILES string of the molecule is CCNC(c1cc(F)ccc1C)C(OCC)C(C)(C)C. The summed E-state index contributed by atoms with van der Waals surface area (Å²) in [6.07, 6.45) is -0.00653. The van der Waals surface area contributed by atoms with E-state index in [-0.39, 0.29) is 23.4 Å². The highest BCUT2D eigenvalue weighted by Crippen LogP contribution is 2.34. The number of ether oxygens (including phenoxy) is 1. The zero-order chi connectivity index (χ0) is 15.3. The van der Waals surface area contributed by atoms with Crippen molar-refractivity contribution in [1.82, 2.24) is 5.32 Å². The Bertz CT molecular complexity index is 425. The largest absolute Gasteiger partial charge is 0.376 e. The summed E-state index contributed by atoms with van der Waals surface area (Å²) in [5, 5.41) is 3.47. The Morgan fingerprint density at radius 2 is 1.90 bits per heavy atom. The molecule has 0 aliphatic heterocycles. The molecule has 1 aromatic carbocycles. The van der Waals surface area contributed by atoms with Crippen molar-refractivity contribution in [1.29, 1.82) is 0 Å². The van der Waals surface area contributed by atoms with Gasteiger partial charge in [-0.1, -0.05) is 33.8 Å². The summed E-state index contributed by atoms with van der Waals surface area (Å²) in [7, 11) is 0. The van der Waals surface area contributed by atoms with Crippen LogP contribution in [-0.2, 0) is 4.74 Å². The maximum absolute atomic E-state index is 13.6. The van der Waals surface area contributed by atoms with Crippen molar-refractivity contribution in [3.05, 3.63) is 35.1 Å². The van der Waals surface area contributed by atoms with Gasteiger partial charge in [0, 0.05) is 6.61 Å². The van der Waals surface area contributed by atoms with Crippen LogP contribution in [0.25, 0.3) is 0 Å². The molecule has 1 N–H and O–H groups in total. The van der Waals surface area contributed by atoms with Crippen molar-refractivity contribution in [3.8, 4) is 0 Å². The lowest BCUT2D eigenvalue weighted by Gasteiger charge is -2.38. The minimum absolute atomic E-state index is 0.00403. The molecule has 0 aliphatic rings. The Morgan fingerprint density at radius 1 is 1.25 bits per heavy atom. The molecule has 0 saturated carbocycles. The molecule has 0 aromatic heterocycles. The van der Waals surface area contributed by atoms with Crippen molar-refractivity contribution in [2.45, 2.75) is 53.7 Å². The van der Waals surface area contributed by atoms with Crippen molar-refractivity contribution in [3.63, 3.8) is 0 Å². The Balaban J connectivity index is 3.23. The Kier molecular flexibility index (Phi) is 6.15. The zero-order valence-corrected chi connectivity index (χ0v) is 13.6. The lowest BCUT2D eigenvalue weighted by Crippen LogP contribution is -2.42. The van der Waals surface area contributed by atoms with Crippen LogP contribution in [0.2, 0.25) is 0 Å². The average Bonchev–Trinajstić information content (AvgIpc) is 2.35. The molecule has 0 saturated heterocycles. The summed E-state index contributed by atoms with van der Waals surface area (Å²) in [4.78, 5) is 0. The minimum atomic E-state index is -0.197. The van der Waals surface area contributed by atoms with E-state index in [0.717, 1.165) is 17.7 Å². The third-order valence-corrected chi connectivity index (χ3v) is 3.50. The first-order chi connectivity index (χ1) is 9.31. The normalized spacial score (nSPS) is 15.2. The number of rotatable bonds is 6. The quantitative estimate of drug-likeness (QED) is 0.842. The Labute approximate surface area is 122 Å². The van der Waals surface area contributed by atoms with Crippen molar-refractivity contribution in [2.24, 2.45) is 5.41 Å². The van der Waals surface area contributed by atoms with Crippen LogP contribution in [0.1, 0.15) is 51.8 Å². The van der Waals surface area contributed by atoms with Crippen LogP contribution in [0.5, 0.6) is 0 Å². The molecule has 0 spiro atoms. The molecule has 0 fully saturated rings. The Morgan fingerprint density at radius 3 is 2.40 bits per heavy atom. The van der Waals surface area contributed by atoms with Gasteiger partial charge in [0.15, 0.2) is 0 Å². The predicted molar refractivity (Wildman–Crippen MR) is 82.4 cm³/mol. The number of nitrogens with one attached hydrogen (secondary N) is 1. The lowest BCUT2D eigenvalue weighted by atomic mass is 9.81. The van der Waals surface area contributed by atoms with Crippen molar-refractivity contribution < 1.29 is 9.13 Å². The molecule has 2 unspecified atom stereocenters. The van der Waals surface area contributed by atoms with Gasteiger partial charge in [-0.25, -0.2) is 4.39 Å². The van der Waals surface area contributed by atoms with E-state index in [2.05, 4.69) is 33.0 Å². The highest BCUT2D eigenvalue weighted by Gasteiger charge is 2.34. The van der Waals surface area contributed by atoms with Crippen LogP contribution >= 0.6 is 0 Å². The molecule has 3 heteroatoms. The summed E-state index contributed by atoms with van der Waals surface area (Å²) in [5.41, 5.74) is 2.05. The second-order valence-electron chi connectivity index (χ2n) is 6.28. The summed E-state index contributed by atoms with van der Waals surface area (Å²) < 4.78 is 19.6. The van der Waals surface area contributed by atoms with Crippen LogP contribution in [-0.4, -0.2) is 19.3 Å². The fraction of sp³-hybridized carbons (Fsp3) is 0.647. The van der Waals surface area contributed by atoms with E-state index in [1.807, 2.05) is 19.9 Å². The van der Waals surface area contributed by atoms with E-state index in [9.17, 15) is 4.39 Å². The lowest BCUT2D eigenvalue weighted by molar-refractivity contribution is -0.0364. The van der Waals surface area contributed by atoms with E-state index in [1.165, 1.54) is 6.07 Å². The predicted octanol–water partition coefficient (Wildman–Crippen LogP) is 4.24. The van der Waals surface area contributed by atoms with Crippen LogP contribution in [0, 0.1) is 18.2 Å². The van der Waals surface area contributed by atoms with Crippen LogP contribution < -0.4 is 5.32 Å². The van der Waals surface area contributed by atoms with Gasteiger partial charge >= 0.3 is 0 Å². The topological polar surface area (TPSA) is 21.3 Å². The molecule has 114 valence electrons. The fourth-order valence-corrected chi connectivity index (χ4v) is 2.57. The highest BCUT2D eigenvalue weighted by atomic mass is 19.1. The zero-order valence-electron chi connectivity index (χ0n) is 13.6. The van der Waals surface area contributed by atoms with Gasteiger partial charge in [0.1, 0.15) is 5.82 Å². The van der Waals surface area contributed by atoms with Gasteiger partial charge in [-0.15, -0.1) is 0 Å². The van der Waals surface area contributed by atoms with Crippen molar-refractivity contribution >= 4 is 0 Å². The van der Waals surface area contributed by atoms with Crippen LogP contribution in [0.4, 0.5) is 4.39 Å². The second-order valence-corrected chi connectivity index (χ2v) is 6.28. The van der Waals surface area contributed by atoms with Gasteiger partial charge in [0.2, 0.25) is 0 Å². The van der Waals surface area contributed by atoms with Gasteiger partial charge in [-0.3, -0.25) is 0 Å². The third kappa shape index (κ3) is 4.29. The minimum Gasteiger partial charge on any atom is -0.376 e. The molecule has 1 aromatic rings. The molecule has 0 radical (unpaired) electrons. The van der Waals surface area contributed by atoms with Crippen LogP contribution in [0.3, 0.4) is 0 Å². The van der Waals surface area contributed by atoms with Crippen molar-refractivity contribution in [2.75, 3.05) is 13.2 Å². The summed E-state index contributed by atoms with van der Waals surface area (Å²) in [6.45, 7) is 14.0. The average molecular weight is 281 g/mol. The van der Waals surface area contributed by atoms with E-state index in [4.69, 9.17) is 4.74 Å². The smallest absolute Gasteiger partial charge is 0.123 e. The first-order valence-electron chi connectivity index (χ1n) is 7.42. The summed E-state index contributed by atoms with van der Waals surface area (Å²) in [5.74, 6) is -0.197. The number of aryl methyl sites for hydroxylation is 1. The molecule has 20 heavy (non-hydrogen) atoms. The molecule has 0 aliphatic carbocycles. The third-order valence-electron chi connectivity index (χ3n) is 3.50. The monoisotopic (exact) mass is 281 g/mol. The highest BCUT2D eigenvalue weighted by molar-refractivity contribution is 5.31. The molecule has 0 bridgehead atoms. The van der Waals surface area contributed by atoms with Gasteiger partial charge in [-0.2, -0.15) is 0 Å². The molecule has 0 heterocycles. The summed E-state index contributed by atoms with van der Waals surface area (Å²) >= 11 is 0. The van der Waals surface area contributed by atoms with Gasteiger partial charge < -0.3 is 10.1 Å².